The van der Waals surface area contributed by atoms with Gasteiger partial charge in [0.1, 0.15) is 6.04 Å². The number of fused-ring (bicyclic) bond motifs is 1. The lowest BCUT2D eigenvalue weighted by atomic mass is 9.96. The van der Waals surface area contributed by atoms with Crippen molar-refractivity contribution in [2.45, 2.75) is 55.3 Å². The van der Waals surface area contributed by atoms with Crippen LogP contribution in [0.4, 0.5) is 18.0 Å². The van der Waals surface area contributed by atoms with Gasteiger partial charge in [-0.3, -0.25) is 9.69 Å². The van der Waals surface area contributed by atoms with E-state index in [0.29, 0.717) is 32.2 Å². The molecule has 0 spiro atoms. The summed E-state index contributed by atoms with van der Waals surface area (Å²) in [7, 11) is -3.97. The number of rotatable bonds is 4. The van der Waals surface area contributed by atoms with Crippen LogP contribution in [0.2, 0.25) is 0 Å². The van der Waals surface area contributed by atoms with Crippen LogP contribution in [0.15, 0.2) is 29.2 Å². The number of sulfonamides is 1. The van der Waals surface area contributed by atoms with E-state index in [0.717, 1.165) is 35.6 Å². The number of amides is 2. The molecule has 0 unspecified atom stereocenters. The summed E-state index contributed by atoms with van der Waals surface area (Å²) >= 11 is 0. The van der Waals surface area contributed by atoms with E-state index in [1.54, 1.807) is 0 Å². The molecule has 1 aromatic rings. The number of carboxylic acid groups (broad SMARTS) is 1. The van der Waals surface area contributed by atoms with Crippen molar-refractivity contribution >= 4 is 22.0 Å². The first kappa shape index (κ1) is 23.8. The standard InChI is InChI=1S/C21H26F3N3O5S/c22-21(23,24)14-5-7-15(8-6-14)33(31,32)26-11-13-4-9-17(16(13)12-26)25-19(28)18-3-1-2-10-27(18)20(29)30/h5-8,13,16-18H,1-4,9-12H2,(H,25,28)(H,29,30)/t13-,16+,17+,18-/m0/s1. The van der Waals surface area contributed by atoms with Gasteiger partial charge < -0.3 is 10.4 Å². The molecular weight excluding hydrogens is 463 g/mol. The molecule has 3 fully saturated rings. The van der Waals surface area contributed by atoms with Gasteiger partial charge in [-0.2, -0.15) is 17.5 Å². The normalized spacial score (nSPS) is 28.5. The molecule has 0 bridgehead atoms. The topological polar surface area (TPSA) is 107 Å². The van der Waals surface area contributed by atoms with Gasteiger partial charge in [-0.15, -0.1) is 0 Å². The maximum Gasteiger partial charge on any atom is 0.416 e. The van der Waals surface area contributed by atoms with E-state index in [4.69, 9.17) is 0 Å². The van der Waals surface area contributed by atoms with Crippen molar-refractivity contribution in [1.29, 1.82) is 0 Å². The minimum atomic E-state index is -4.55. The smallest absolute Gasteiger partial charge is 0.416 e. The molecule has 1 saturated carbocycles. The molecule has 2 amide bonds. The van der Waals surface area contributed by atoms with Crippen LogP contribution in [-0.4, -0.2) is 66.4 Å². The predicted molar refractivity (Wildman–Crippen MR) is 111 cm³/mol. The summed E-state index contributed by atoms with van der Waals surface area (Å²) in [4.78, 5) is 25.2. The summed E-state index contributed by atoms with van der Waals surface area (Å²) in [5.41, 5.74) is -0.916. The van der Waals surface area contributed by atoms with E-state index in [9.17, 15) is 36.3 Å². The highest BCUT2D eigenvalue weighted by Crippen LogP contribution is 2.40. The summed E-state index contributed by atoms with van der Waals surface area (Å²) in [6.07, 6.45) is -2.37. The van der Waals surface area contributed by atoms with Crippen molar-refractivity contribution in [3.63, 3.8) is 0 Å². The minimum Gasteiger partial charge on any atom is -0.465 e. The van der Waals surface area contributed by atoms with Gasteiger partial charge in [-0.25, -0.2) is 13.2 Å². The second kappa shape index (κ2) is 8.79. The maximum absolute atomic E-state index is 13.0. The van der Waals surface area contributed by atoms with Crippen LogP contribution in [-0.2, 0) is 21.0 Å². The van der Waals surface area contributed by atoms with Gasteiger partial charge in [-0.05, 0) is 68.2 Å². The number of likely N-dealkylation sites (tertiary alicyclic amines) is 1. The fourth-order valence-electron chi connectivity index (χ4n) is 5.28. The fourth-order valence-corrected chi connectivity index (χ4v) is 6.81. The summed E-state index contributed by atoms with van der Waals surface area (Å²) < 4.78 is 65.7. The molecule has 4 atom stereocenters. The van der Waals surface area contributed by atoms with Gasteiger partial charge in [0, 0.05) is 25.7 Å². The molecule has 2 saturated heterocycles. The van der Waals surface area contributed by atoms with Crippen LogP contribution >= 0.6 is 0 Å². The Labute approximate surface area is 189 Å². The first-order chi connectivity index (χ1) is 15.5. The zero-order chi connectivity index (χ0) is 24.0. The summed E-state index contributed by atoms with van der Waals surface area (Å²) in [5, 5.41) is 12.3. The third-order valence-corrected chi connectivity index (χ3v) is 8.87. The lowest BCUT2D eigenvalue weighted by Crippen LogP contribution is -2.54. The van der Waals surface area contributed by atoms with Crippen LogP contribution < -0.4 is 5.32 Å². The Morgan fingerprint density at radius 3 is 2.36 bits per heavy atom. The summed E-state index contributed by atoms with van der Waals surface area (Å²) in [5.74, 6) is -0.451. The number of nitrogens with one attached hydrogen (secondary N) is 1. The number of carbonyl (C=O) groups excluding carboxylic acids is 1. The number of hydrogen-bond acceptors (Lipinski definition) is 4. The fraction of sp³-hybridized carbons (Fsp3) is 0.619. The maximum atomic E-state index is 13.0. The molecular formula is C21H26F3N3O5S. The SMILES string of the molecule is O=C(N[C@@H]1CC[C@H]2CN(S(=O)(=O)c3ccc(C(F)(F)F)cc3)C[C@H]21)[C@@H]1CCCCN1C(=O)O. The Balaban J connectivity index is 1.43. The summed E-state index contributed by atoms with van der Waals surface area (Å²) in [6.45, 7) is 0.709. The molecule has 2 heterocycles. The molecule has 8 nitrogen and oxygen atoms in total. The Morgan fingerprint density at radius 1 is 1.03 bits per heavy atom. The highest BCUT2D eigenvalue weighted by molar-refractivity contribution is 7.89. The van der Waals surface area contributed by atoms with E-state index >= 15 is 0 Å². The van der Waals surface area contributed by atoms with E-state index in [1.807, 2.05) is 0 Å². The highest BCUT2D eigenvalue weighted by atomic mass is 32.2. The average Bonchev–Trinajstić information content (AvgIpc) is 3.35. The monoisotopic (exact) mass is 489 g/mol. The number of hydrogen-bond donors (Lipinski definition) is 2. The van der Waals surface area contributed by atoms with Crippen molar-refractivity contribution in [3.05, 3.63) is 29.8 Å². The quantitative estimate of drug-likeness (QED) is 0.677. The molecule has 4 rings (SSSR count). The van der Waals surface area contributed by atoms with E-state index in [2.05, 4.69) is 5.32 Å². The molecule has 182 valence electrons. The number of alkyl halides is 3. The number of carbonyl (C=O) groups is 2. The van der Waals surface area contributed by atoms with Gasteiger partial charge in [0.05, 0.1) is 10.5 Å². The predicted octanol–water partition coefficient (Wildman–Crippen LogP) is 2.75. The Bertz CT molecular complexity index is 1010. The second-order valence-corrected chi connectivity index (χ2v) is 10.9. The molecule has 1 aliphatic carbocycles. The lowest BCUT2D eigenvalue weighted by Gasteiger charge is -2.33. The van der Waals surface area contributed by atoms with E-state index in [1.165, 1.54) is 4.31 Å². The van der Waals surface area contributed by atoms with Crippen molar-refractivity contribution in [3.8, 4) is 0 Å². The van der Waals surface area contributed by atoms with Crippen molar-refractivity contribution < 1.29 is 36.3 Å². The van der Waals surface area contributed by atoms with E-state index < -0.39 is 33.9 Å². The van der Waals surface area contributed by atoms with Crippen LogP contribution in [0.3, 0.4) is 0 Å². The number of nitrogens with zero attached hydrogens (tertiary/aromatic N) is 2. The molecule has 3 aliphatic rings. The highest BCUT2D eigenvalue weighted by Gasteiger charge is 2.47. The zero-order valence-electron chi connectivity index (χ0n) is 17.8. The van der Waals surface area contributed by atoms with Gasteiger partial charge in [0.25, 0.3) is 0 Å². The first-order valence-corrected chi connectivity index (χ1v) is 12.4. The Kier molecular flexibility index (Phi) is 6.34. The third-order valence-electron chi connectivity index (χ3n) is 7.02. The average molecular weight is 490 g/mol. The second-order valence-electron chi connectivity index (χ2n) is 8.95. The van der Waals surface area contributed by atoms with Crippen LogP contribution in [0.1, 0.15) is 37.7 Å². The minimum absolute atomic E-state index is 0.0291. The van der Waals surface area contributed by atoms with Crippen molar-refractivity contribution in [1.82, 2.24) is 14.5 Å². The van der Waals surface area contributed by atoms with Gasteiger partial charge in [-0.1, -0.05) is 0 Å². The number of benzene rings is 1. The number of halogens is 3. The lowest BCUT2D eigenvalue weighted by molar-refractivity contribution is -0.137. The molecule has 2 N–H and O–H groups in total. The molecule has 12 heteroatoms. The van der Waals surface area contributed by atoms with Crippen molar-refractivity contribution in [2.24, 2.45) is 11.8 Å². The molecule has 0 radical (unpaired) electrons. The molecule has 2 aliphatic heterocycles. The van der Waals surface area contributed by atoms with E-state index in [-0.39, 0.29) is 41.8 Å². The zero-order valence-corrected chi connectivity index (χ0v) is 18.6. The van der Waals surface area contributed by atoms with Crippen LogP contribution in [0.25, 0.3) is 0 Å². The first-order valence-electron chi connectivity index (χ1n) is 11.0. The van der Waals surface area contributed by atoms with Gasteiger partial charge in [0.2, 0.25) is 15.9 Å². The third kappa shape index (κ3) is 4.68. The number of piperidine rings is 1. The molecule has 33 heavy (non-hydrogen) atoms. The Hall–Kier alpha value is -2.34. The van der Waals surface area contributed by atoms with Gasteiger partial charge in [0.15, 0.2) is 0 Å². The Morgan fingerprint density at radius 2 is 1.73 bits per heavy atom. The van der Waals surface area contributed by atoms with Crippen LogP contribution in [0.5, 0.6) is 0 Å². The van der Waals surface area contributed by atoms with Crippen molar-refractivity contribution in [2.75, 3.05) is 19.6 Å². The summed E-state index contributed by atoms with van der Waals surface area (Å²) in [6, 6.07) is 2.43. The molecule has 0 aromatic heterocycles. The molecule has 1 aromatic carbocycles. The largest absolute Gasteiger partial charge is 0.465 e. The van der Waals surface area contributed by atoms with Crippen LogP contribution in [0, 0.1) is 11.8 Å². The van der Waals surface area contributed by atoms with Gasteiger partial charge >= 0.3 is 12.3 Å².